The number of fused-ring (bicyclic) bond motifs is 8. The van der Waals surface area contributed by atoms with Gasteiger partial charge in [-0.2, -0.15) is 0 Å². The van der Waals surface area contributed by atoms with E-state index in [0.717, 1.165) is 28.3 Å². The van der Waals surface area contributed by atoms with Crippen LogP contribution in [0.4, 0.5) is 34.1 Å². The molecule has 0 spiro atoms. The largest absolute Gasteiger partial charge is 0.310 e. The molecule has 3 aliphatic rings. The third-order valence-corrected chi connectivity index (χ3v) is 16.5. The van der Waals surface area contributed by atoms with Crippen LogP contribution in [0.3, 0.4) is 0 Å². The fraction of sp³-hybridized carbons (Fsp3) is 0.0270. The van der Waals surface area contributed by atoms with Gasteiger partial charge in [0.05, 0.1) is 22.2 Å². The molecule has 76 heavy (non-hydrogen) atoms. The molecule has 0 N–H and O–H groups in total. The van der Waals surface area contributed by atoms with Crippen molar-refractivity contribution < 1.29 is 0 Å². The van der Waals surface area contributed by atoms with Gasteiger partial charge in [0.2, 0.25) is 0 Å². The Bertz CT molecular complexity index is 4100. The van der Waals surface area contributed by atoms with E-state index < -0.39 is 10.8 Å². The minimum Gasteiger partial charge on any atom is -0.310 e. The highest BCUT2D eigenvalue weighted by Crippen LogP contribution is 2.66. The molecule has 2 heteroatoms. The monoisotopic (exact) mass is 966 g/mol. The molecule has 12 aromatic carbocycles. The lowest BCUT2D eigenvalue weighted by atomic mass is 9.64. The van der Waals surface area contributed by atoms with E-state index in [4.69, 9.17) is 0 Å². The van der Waals surface area contributed by atoms with Crippen molar-refractivity contribution >= 4 is 34.1 Å². The fourth-order valence-electron chi connectivity index (χ4n) is 13.5. The summed E-state index contributed by atoms with van der Waals surface area (Å²) in [6.07, 6.45) is 0. The van der Waals surface area contributed by atoms with Gasteiger partial charge in [-0.1, -0.05) is 231 Å². The van der Waals surface area contributed by atoms with Crippen LogP contribution in [-0.2, 0) is 10.8 Å². The third-order valence-electron chi connectivity index (χ3n) is 16.5. The molecule has 0 aromatic heterocycles. The third kappa shape index (κ3) is 6.34. The maximum atomic E-state index is 2.54. The number of benzene rings is 12. The Morgan fingerprint density at radius 2 is 0.711 bits per heavy atom. The highest BCUT2D eigenvalue weighted by atomic mass is 15.2. The van der Waals surface area contributed by atoms with E-state index >= 15 is 0 Å². The molecule has 1 unspecified atom stereocenters. The van der Waals surface area contributed by atoms with Gasteiger partial charge in [0.15, 0.2) is 0 Å². The van der Waals surface area contributed by atoms with Crippen LogP contribution in [0.1, 0.15) is 44.5 Å². The summed E-state index contributed by atoms with van der Waals surface area (Å²) in [6.45, 7) is 0. The van der Waals surface area contributed by atoms with Crippen molar-refractivity contribution in [3.05, 3.63) is 348 Å². The molecular weight excluding hydrogens is 917 g/mol. The van der Waals surface area contributed by atoms with Crippen LogP contribution < -0.4 is 9.80 Å². The van der Waals surface area contributed by atoms with Crippen molar-refractivity contribution in [2.24, 2.45) is 0 Å². The molecule has 2 aliphatic carbocycles. The minimum absolute atomic E-state index is 0.520. The van der Waals surface area contributed by atoms with E-state index in [2.05, 4.69) is 313 Å². The normalized spacial score (nSPS) is 15.0. The highest BCUT2D eigenvalue weighted by molar-refractivity contribution is 6.02. The lowest BCUT2D eigenvalue weighted by molar-refractivity contribution is 0.754. The lowest BCUT2D eigenvalue weighted by Gasteiger charge is -2.44. The Hall–Kier alpha value is -9.76. The summed E-state index contributed by atoms with van der Waals surface area (Å²) in [7, 11) is 0. The molecule has 0 radical (unpaired) electrons. The van der Waals surface area contributed by atoms with Gasteiger partial charge in [0.1, 0.15) is 0 Å². The first-order valence-corrected chi connectivity index (χ1v) is 26.4. The van der Waals surface area contributed by atoms with Gasteiger partial charge in [-0.3, -0.25) is 0 Å². The molecule has 1 heterocycles. The standard InChI is InChI=1S/C74H50N2/c1-7-24-51(25-8-1)63-49-65-62-37-23-41-71-72(62)74(55-30-13-4-14-31-55,67-39-21-22-40-70(67)76(71)57-34-17-6-18-35-57)69(65)50-64(63)52-42-44-58(45-43-52)75(56-32-15-5-16-33-56)59-46-47-61-60-36-19-20-38-66(60)73(68(61)48-59,53-26-9-2-10-27-53)54-28-11-3-12-29-54/h1-50H. The van der Waals surface area contributed by atoms with Gasteiger partial charge in [0.25, 0.3) is 0 Å². The number of rotatable bonds is 9. The van der Waals surface area contributed by atoms with Crippen molar-refractivity contribution in [1.82, 2.24) is 0 Å². The van der Waals surface area contributed by atoms with Crippen molar-refractivity contribution in [2.75, 3.05) is 9.80 Å². The highest BCUT2D eigenvalue weighted by Gasteiger charge is 2.53. The first-order chi connectivity index (χ1) is 37.7. The minimum atomic E-state index is -0.583. The van der Waals surface area contributed by atoms with Crippen molar-refractivity contribution in [3.8, 4) is 44.5 Å². The van der Waals surface area contributed by atoms with Crippen LogP contribution >= 0.6 is 0 Å². The smallest absolute Gasteiger partial charge is 0.0754 e. The summed E-state index contributed by atoms with van der Waals surface area (Å²) in [5, 5.41) is 0. The second-order valence-corrected chi connectivity index (χ2v) is 20.3. The van der Waals surface area contributed by atoms with E-state index in [-0.39, 0.29) is 0 Å². The van der Waals surface area contributed by atoms with Gasteiger partial charge in [-0.15, -0.1) is 0 Å². The molecular formula is C74H50N2. The van der Waals surface area contributed by atoms with Crippen LogP contribution in [0.25, 0.3) is 44.5 Å². The predicted octanol–water partition coefficient (Wildman–Crippen LogP) is 19.0. The Labute approximate surface area is 444 Å². The number of nitrogens with zero attached hydrogens (tertiary/aromatic N) is 2. The van der Waals surface area contributed by atoms with Gasteiger partial charge in [-0.05, 0) is 156 Å². The van der Waals surface area contributed by atoms with E-state index in [1.165, 1.54) is 94.8 Å². The maximum Gasteiger partial charge on any atom is 0.0754 e. The number of anilines is 6. The molecule has 0 fully saturated rings. The van der Waals surface area contributed by atoms with Gasteiger partial charge in [-0.25, -0.2) is 0 Å². The van der Waals surface area contributed by atoms with Crippen LogP contribution in [0.15, 0.2) is 303 Å². The summed E-state index contributed by atoms with van der Waals surface area (Å²) in [5.41, 5.74) is 25.8. The summed E-state index contributed by atoms with van der Waals surface area (Å²) in [5.74, 6) is 0. The SMILES string of the molecule is c1ccc(-c2cc3c(cc2-c2ccc(N(c4ccccc4)c4ccc5c(c4)C(c4ccccc4)(c4ccccc4)c4ccccc4-5)cc2)C2(c4ccccc4)c4ccccc4N(c4ccccc4)c4cccc-3c42)cc1. The molecule has 1 atom stereocenters. The van der Waals surface area contributed by atoms with Gasteiger partial charge >= 0.3 is 0 Å². The van der Waals surface area contributed by atoms with E-state index in [9.17, 15) is 0 Å². The van der Waals surface area contributed by atoms with Crippen molar-refractivity contribution in [2.45, 2.75) is 10.8 Å². The second-order valence-electron chi connectivity index (χ2n) is 20.3. The Kier molecular flexibility index (Phi) is 10.0. The number of hydrogen-bond donors (Lipinski definition) is 0. The average Bonchev–Trinajstić information content (AvgIpc) is 4.09. The Morgan fingerprint density at radius 3 is 1.38 bits per heavy atom. The zero-order valence-corrected chi connectivity index (χ0v) is 41.8. The molecule has 0 amide bonds. The Balaban J connectivity index is 0.932. The first kappa shape index (κ1) is 43.8. The molecule has 2 nitrogen and oxygen atoms in total. The zero-order valence-electron chi connectivity index (χ0n) is 41.8. The van der Waals surface area contributed by atoms with E-state index in [1.54, 1.807) is 0 Å². The number of hydrogen-bond acceptors (Lipinski definition) is 2. The average molecular weight is 967 g/mol. The van der Waals surface area contributed by atoms with Crippen LogP contribution in [0.5, 0.6) is 0 Å². The summed E-state index contributed by atoms with van der Waals surface area (Å²) in [6, 6.07) is 113. The topological polar surface area (TPSA) is 6.48 Å². The van der Waals surface area contributed by atoms with Crippen molar-refractivity contribution in [3.63, 3.8) is 0 Å². The first-order valence-electron chi connectivity index (χ1n) is 26.4. The molecule has 12 aromatic rings. The van der Waals surface area contributed by atoms with E-state index in [1.807, 2.05) is 0 Å². The number of para-hydroxylation sites is 3. The van der Waals surface area contributed by atoms with Crippen LogP contribution in [0, 0.1) is 0 Å². The summed E-state index contributed by atoms with van der Waals surface area (Å²) >= 11 is 0. The zero-order chi connectivity index (χ0) is 50.2. The maximum absolute atomic E-state index is 2.54. The quantitative estimate of drug-likeness (QED) is 0.142. The van der Waals surface area contributed by atoms with E-state index in [0.29, 0.717) is 0 Å². The molecule has 0 saturated heterocycles. The van der Waals surface area contributed by atoms with Crippen LogP contribution in [0.2, 0.25) is 0 Å². The molecule has 0 bridgehead atoms. The molecule has 15 rings (SSSR count). The predicted molar refractivity (Wildman–Crippen MR) is 315 cm³/mol. The molecule has 356 valence electrons. The molecule has 1 aliphatic heterocycles. The molecule has 0 saturated carbocycles. The lowest BCUT2D eigenvalue weighted by Crippen LogP contribution is -2.35. The van der Waals surface area contributed by atoms with Crippen LogP contribution in [-0.4, -0.2) is 0 Å². The summed E-state index contributed by atoms with van der Waals surface area (Å²) < 4.78 is 0. The second kappa shape index (κ2) is 17.4. The van der Waals surface area contributed by atoms with Gasteiger partial charge < -0.3 is 9.80 Å². The summed E-state index contributed by atoms with van der Waals surface area (Å²) in [4.78, 5) is 4.90. The fourth-order valence-corrected chi connectivity index (χ4v) is 13.5. The Morgan fingerprint density at radius 1 is 0.250 bits per heavy atom. The van der Waals surface area contributed by atoms with Crippen molar-refractivity contribution in [1.29, 1.82) is 0 Å². The van der Waals surface area contributed by atoms with Gasteiger partial charge in [0, 0.05) is 28.3 Å².